The summed E-state index contributed by atoms with van der Waals surface area (Å²) in [6.45, 7) is 4.32. The highest BCUT2D eigenvalue weighted by molar-refractivity contribution is 6.25. The van der Waals surface area contributed by atoms with Crippen molar-refractivity contribution in [2.24, 2.45) is 0 Å². The summed E-state index contributed by atoms with van der Waals surface area (Å²) >= 11 is 0. The van der Waals surface area contributed by atoms with Gasteiger partial charge in [0.05, 0.1) is 11.0 Å². The number of fused-ring (bicyclic) bond motifs is 9. The average molecular weight is 539 g/mol. The second-order valence-corrected chi connectivity index (χ2v) is 11.1. The van der Waals surface area contributed by atoms with Gasteiger partial charge in [0, 0.05) is 22.2 Å². The maximum atomic E-state index is 5.06. The van der Waals surface area contributed by atoms with E-state index in [0.717, 1.165) is 46.0 Å². The Morgan fingerprint density at radius 1 is 0.405 bits per heavy atom. The number of pyridine rings is 2. The first-order valence-electron chi connectivity index (χ1n) is 14.9. The molecule has 0 saturated carbocycles. The van der Waals surface area contributed by atoms with Crippen molar-refractivity contribution in [1.82, 2.24) is 9.97 Å². The molecule has 2 heteroatoms. The molecule has 0 spiro atoms. The Balaban J connectivity index is 1.27. The normalized spacial score (nSPS) is 11.8. The van der Waals surface area contributed by atoms with Crippen molar-refractivity contribution in [3.8, 4) is 22.3 Å². The molecule has 0 unspecified atom stereocenters. The van der Waals surface area contributed by atoms with E-state index >= 15 is 0 Å². The second-order valence-electron chi connectivity index (χ2n) is 11.1. The summed E-state index contributed by atoms with van der Waals surface area (Å²) in [5, 5.41) is 10.1. The molecule has 0 N–H and O–H groups in total. The molecule has 8 aromatic rings. The molecule has 0 aliphatic heterocycles. The molecule has 42 heavy (non-hydrogen) atoms. The highest BCUT2D eigenvalue weighted by atomic mass is 14.8. The monoisotopic (exact) mass is 538 g/mol. The lowest BCUT2D eigenvalue weighted by molar-refractivity contribution is 1.05. The number of rotatable bonds is 4. The largest absolute Gasteiger partial charge is 0.251 e. The van der Waals surface area contributed by atoms with Gasteiger partial charge in [0.2, 0.25) is 0 Å². The first-order chi connectivity index (χ1) is 20.7. The highest BCUT2D eigenvalue weighted by Gasteiger charge is 2.13. The number of aromatic nitrogens is 2. The molecule has 0 amide bonds. The quantitative estimate of drug-likeness (QED) is 0.208. The van der Waals surface area contributed by atoms with Gasteiger partial charge in [-0.15, -0.1) is 0 Å². The molecule has 8 rings (SSSR count). The smallest absolute Gasteiger partial charge is 0.0974 e. The first-order valence-corrected chi connectivity index (χ1v) is 14.9. The number of nitrogens with zero attached hydrogens (tertiary/aromatic N) is 2. The van der Waals surface area contributed by atoms with Crippen LogP contribution in [0.4, 0.5) is 0 Å². The van der Waals surface area contributed by atoms with Crippen LogP contribution in [0.2, 0.25) is 0 Å². The van der Waals surface area contributed by atoms with E-state index in [9.17, 15) is 0 Å². The molecule has 0 aliphatic rings. The van der Waals surface area contributed by atoms with Crippen molar-refractivity contribution < 1.29 is 0 Å². The van der Waals surface area contributed by atoms with E-state index in [4.69, 9.17) is 9.97 Å². The lowest BCUT2D eigenvalue weighted by Crippen LogP contribution is -1.95. The second kappa shape index (κ2) is 9.78. The van der Waals surface area contributed by atoms with Crippen LogP contribution in [0, 0.1) is 0 Å². The summed E-state index contributed by atoms with van der Waals surface area (Å²) in [5.74, 6) is 0. The van der Waals surface area contributed by atoms with Gasteiger partial charge in [0.15, 0.2) is 0 Å². The molecule has 0 bridgehead atoms. The van der Waals surface area contributed by atoms with E-state index in [1.807, 2.05) is 0 Å². The van der Waals surface area contributed by atoms with Gasteiger partial charge in [-0.2, -0.15) is 0 Å². The van der Waals surface area contributed by atoms with Gasteiger partial charge in [-0.1, -0.05) is 117 Å². The van der Waals surface area contributed by atoms with Crippen LogP contribution in [0.5, 0.6) is 0 Å². The molecule has 0 saturated heterocycles. The average Bonchev–Trinajstić information content (AvgIpc) is 3.07. The van der Waals surface area contributed by atoms with Crippen molar-refractivity contribution in [2.45, 2.75) is 26.7 Å². The van der Waals surface area contributed by atoms with E-state index in [0.29, 0.717) is 0 Å². The van der Waals surface area contributed by atoms with Crippen LogP contribution in [-0.4, -0.2) is 9.97 Å². The zero-order chi connectivity index (χ0) is 28.2. The topological polar surface area (TPSA) is 25.8 Å². The predicted molar refractivity (Wildman–Crippen MR) is 179 cm³/mol. The number of hydrogen-bond donors (Lipinski definition) is 0. The fourth-order valence-corrected chi connectivity index (χ4v) is 6.51. The van der Waals surface area contributed by atoms with Gasteiger partial charge in [-0.3, -0.25) is 9.97 Å². The standard InChI is InChI=1S/C40H30N2/c1-3-29-20-17-27-18-22-36-37(24-30(4-2)42-40(36)39(27)41-29)26-15-13-25(14-16-26)28-19-21-35-33-11-6-5-9-31(33)32-10-7-8-12-34(32)38(35)23-28/h5-24H,3-4H2,1-2H3. The molecule has 200 valence electrons. The Morgan fingerprint density at radius 2 is 0.929 bits per heavy atom. The predicted octanol–water partition coefficient (Wildman–Crippen LogP) is 10.7. The van der Waals surface area contributed by atoms with Crippen molar-refractivity contribution >= 4 is 54.1 Å². The van der Waals surface area contributed by atoms with Crippen molar-refractivity contribution in [3.63, 3.8) is 0 Å². The molecule has 2 heterocycles. The van der Waals surface area contributed by atoms with Crippen LogP contribution in [0.15, 0.2) is 121 Å². The van der Waals surface area contributed by atoms with E-state index in [-0.39, 0.29) is 0 Å². The lowest BCUT2D eigenvalue weighted by Gasteiger charge is -2.13. The maximum Gasteiger partial charge on any atom is 0.0974 e. The molecular weight excluding hydrogens is 508 g/mol. The SMILES string of the molecule is CCc1ccc2ccc3c(-c4ccc(-c5ccc6c7ccccc7c7ccccc7c6c5)cc4)cc(CC)nc3c2n1. The van der Waals surface area contributed by atoms with Gasteiger partial charge >= 0.3 is 0 Å². The van der Waals surface area contributed by atoms with Crippen LogP contribution < -0.4 is 0 Å². The minimum atomic E-state index is 0.880. The summed E-state index contributed by atoms with van der Waals surface area (Å²) in [5.41, 5.74) is 9.03. The summed E-state index contributed by atoms with van der Waals surface area (Å²) in [6, 6.07) is 44.4. The zero-order valence-corrected chi connectivity index (χ0v) is 23.9. The molecular formula is C40H30N2. The van der Waals surface area contributed by atoms with Crippen molar-refractivity contribution in [1.29, 1.82) is 0 Å². The summed E-state index contributed by atoms with van der Waals surface area (Å²) in [6.07, 6.45) is 1.79. The molecule has 0 atom stereocenters. The third-order valence-electron chi connectivity index (χ3n) is 8.75. The van der Waals surface area contributed by atoms with Gasteiger partial charge in [0.1, 0.15) is 0 Å². The molecule has 0 radical (unpaired) electrons. The Kier molecular flexibility index (Phi) is 5.75. The van der Waals surface area contributed by atoms with Crippen molar-refractivity contribution in [3.05, 3.63) is 133 Å². The Labute approximate surface area is 245 Å². The molecule has 0 fully saturated rings. The van der Waals surface area contributed by atoms with Crippen LogP contribution in [0.3, 0.4) is 0 Å². The van der Waals surface area contributed by atoms with E-state index in [1.165, 1.54) is 54.6 Å². The maximum absolute atomic E-state index is 5.06. The van der Waals surface area contributed by atoms with Gasteiger partial charge in [-0.05, 0) is 85.6 Å². The first kappa shape index (κ1) is 24.7. The highest BCUT2D eigenvalue weighted by Crippen LogP contribution is 2.38. The number of aryl methyl sites for hydroxylation is 2. The van der Waals surface area contributed by atoms with E-state index in [2.05, 4.69) is 135 Å². The van der Waals surface area contributed by atoms with Crippen LogP contribution >= 0.6 is 0 Å². The van der Waals surface area contributed by atoms with Crippen molar-refractivity contribution in [2.75, 3.05) is 0 Å². The van der Waals surface area contributed by atoms with Gasteiger partial charge < -0.3 is 0 Å². The van der Waals surface area contributed by atoms with Gasteiger partial charge in [-0.25, -0.2) is 0 Å². The molecule has 0 aliphatic carbocycles. The number of benzene rings is 6. The Morgan fingerprint density at radius 3 is 1.60 bits per heavy atom. The molecule has 2 aromatic heterocycles. The summed E-state index contributed by atoms with van der Waals surface area (Å²) in [4.78, 5) is 10.1. The third-order valence-corrected chi connectivity index (χ3v) is 8.75. The minimum absolute atomic E-state index is 0.880. The van der Waals surface area contributed by atoms with Crippen LogP contribution in [0.1, 0.15) is 25.2 Å². The summed E-state index contributed by atoms with van der Waals surface area (Å²) in [7, 11) is 0. The molecule has 2 nitrogen and oxygen atoms in total. The number of hydrogen-bond acceptors (Lipinski definition) is 2. The van der Waals surface area contributed by atoms with E-state index < -0.39 is 0 Å². The Hall–Kier alpha value is -5.08. The minimum Gasteiger partial charge on any atom is -0.251 e. The van der Waals surface area contributed by atoms with Crippen LogP contribution in [0.25, 0.3) is 76.4 Å². The Bertz CT molecular complexity index is 2280. The zero-order valence-electron chi connectivity index (χ0n) is 23.9. The summed E-state index contributed by atoms with van der Waals surface area (Å²) < 4.78 is 0. The third kappa shape index (κ3) is 3.87. The fraction of sp³-hybridized carbons (Fsp3) is 0.100. The van der Waals surface area contributed by atoms with Gasteiger partial charge in [0.25, 0.3) is 0 Å². The van der Waals surface area contributed by atoms with Crippen LogP contribution in [-0.2, 0) is 12.8 Å². The lowest BCUT2D eigenvalue weighted by atomic mass is 9.91. The van der Waals surface area contributed by atoms with E-state index in [1.54, 1.807) is 0 Å². The molecule has 6 aromatic carbocycles. The fourth-order valence-electron chi connectivity index (χ4n) is 6.51.